The van der Waals surface area contributed by atoms with E-state index in [4.69, 9.17) is 11.5 Å². The van der Waals surface area contributed by atoms with Crippen LogP contribution in [-0.2, 0) is 16.6 Å². The molecule has 2 aromatic heterocycles. The van der Waals surface area contributed by atoms with Crippen molar-refractivity contribution in [2.24, 2.45) is 11.5 Å². The van der Waals surface area contributed by atoms with Gasteiger partial charge in [0.25, 0.3) is 21.5 Å². The van der Waals surface area contributed by atoms with Crippen LogP contribution in [0.2, 0.25) is 0 Å². The number of carbonyl (C=O) groups excluding carboxylic acids is 2. The molecule has 4 N–H and O–H groups in total. The van der Waals surface area contributed by atoms with E-state index in [0.29, 0.717) is 22.2 Å². The quantitative estimate of drug-likeness (QED) is 0.423. The van der Waals surface area contributed by atoms with E-state index in [9.17, 15) is 22.8 Å². The zero-order valence-corrected chi connectivity index (χ0v) is 20.2. The van der Waals surface area contributed by atoms with Gasteiger partial charge in [0.2, 0.25) is 5.91 Å². The Kier molecular flexibility index (Phi) is 5.85. The lowest BCUT2D eigenvalue weighted by atomic mass is 10.0. The minimum atomic E-state index is -3.88. The maximum absolute atomic E-state index is 13.4. The smallest absolute Gasteiger partial charge is 0.268 e. The first-order chi connectivity index (χ1) is 16.4. The zero-order chi connectivity index (χ0) is 25.7. The fraction of sp³-hybridized carbons (Fsp3) is 0.160. The molecule has 0 spiro atoms. The van der Waals surface area contributed by atoms with Gasteiger partial charge in [-0.25, -0.2) is 12.4 Å². The van der Waals surface area contributed by atoms with Crippen molar-refractivity contribution in [3.63, 3.8) is 0 Å². The number of hydrogen-bond donors (Lipinski definition) is 2. The van der Waals surface area contributed by atoms with Gasteiger partial charge in [0.05, 0.1) is 22.5 Å². The number of primary amides is 2. The molecule has 9 nitrogen and oxygen atoms in total. The summed E-state index contributed by atoms with van der Waals surface area (Å²) in [5.74, 6) is -1.77. The van der Waals surface area contributed by atoms with Crippen LogP contribution in [0.15, 0.2) is 64.4 Å². The minimum Gasteiger partial charge on any atom is -0.366 e. The Bertz CT molecular complexity index is 1680. The largest absolute Gasteiger partial charge is 0.366 e. The molecule has 0 aliphatic carbocycles. The second kappa shape index (κ2) is 8.55. The van der Waals surface area contributed by atoms with Gasteiger partial charge in [0.15, 0.2) is 0 Å². The van der Waals surface area contributed by atoms with Gasteiger partial charge in [-0.2, -0.15) is 0 Å². The number of rotatable bonds is 6. The number of fused-ring (bicyclic) bond motifs is 1. The van der Waals surface area contributed by atoms with Crippen LogP contribution >= 0.6 is 0 Å². The fourth-order valence-corrected chi connectivity index (χ4v) is 5.80. The highest BCUT2D eigenvalue weighted by atomic mass is 32.2. The molecule has 4 aromatic rings. The number of aromatic nitrogens is 2. The number of nitrogens with zero attached hydrogens (tertiary/aromatic N) is 2. The first-order valence-corrected chi connectivity index (χ1v) is 12.1. The number of nitrogens with two attached hydrogens (primary N) is 2. The average molecular weight is 493 g/mol. The van der Waals surface area contributed by atoms with Gasteiger partial charge < -0.3 is 16.0 Å². The van der Waals surface area contributed by atoms with E-state index in [0.717, 1.165) is 5.56 Å². The minimum absolute atomic E-state index is 0.00118. The van der Waals surface area contributed by atoms with Crippen molar-refractivity contribution in [2.45, 2.75) is 32.2 Å². The second-order valence-electron chi connectivity index (χ2n) is 8.42. The first kappa shape index (κ1) is 24.0. The third-order valence-electron chi connectivity index (χ3n) is 6.02. The van der Waals surface area contributed by atoms with Crippen molar-refractivity contribution in [2.75, 3.05) is 0 Å². The van der Waals surface area contributed by atoms with E-state index >= 15 is 0 Å². The van der Waals surface area contributed by atoms with Crippen molar-refractivity contribution in [3.05, 3.63) is 98.6 Å². The van der Waals surface area contributed by atoms with E-state index in [1.165, 1.54) is 21.7 Å². The highest BCUT2D eigenvalue weighted by Crippen LogP contribution is 2.28. The summed E-state index contributed by atoms with van der Waals surface area (Å²) >= 11 is 0. The number of aryl methyl sites for hydroxylation is 2. The van der Waals surface area contributed by atoms with E-state index in [2.05, 4.69) is 0 Å². The summed E-state index contributed by atoms with van der Waals surface area (Å²) in [7, 11) is -3.88. The lowest BCUT2D eigenvalue weighted by molar-refractivity contribution is 0.0997. The molecule has 0 aliphatic rings. The molecule has 0 radical (unpaired) electrons. The van der Waals surface area contributed by atoms with Crippen LogP contribution in [0.25, 0.3) is 10.9 Å². The topological polar surface area (TPSA) is 147 Å². The lowest BCUT2D eigenvalue weighted by Crippen LogP contribution is -2.33. The Morgan fingerprint density at radius 2 is 1.60 bits per heavy atom. The molecular weight excluding hydrogens is 468 g/mol. The summed E-state index contributed by atoms with van der Waals surface area (Å²) in [5, 5.41) is 0.606. The van der Waals surface area contributed by atoms with Gasteiger partial charge in [0, 0.05) is 17.3 Å². The van der Waals surface area contributed by atoms with Crippen molar-refractivity contribution < 1.29 is 18.0 Å². The molecule has 0 saturated heterocycles. The van der Waals surface area contributed by atoms with Gasteiger partial charge in [-0.05, 0) is 56.2 Å². The predicted molar refractivity (Wildman–Crippen MR) is 132 cm³/mol. The first-order valence-electron chi connectivity index (χ1n) is 10.7. The number of hydrogen-bond acceptors (Lipinski definition) is 5. The van der Waals surface area contributed by atoms with Gasteiger partial charge in [-0.1, -0.05) is 29.8 Å². The van der Waals surface area contributed by atoms with E-state index in [1.807, 2.05) is 6.92 Å². The number of carbonyl (C=O) groups is 2. The lowest BCUT2D eigenvalue weighted by Gasteiger charge is -2.14. The molecule has 0 atom stereocenters. The van der Waals surface area contributed by atoms with Crippen LogP contribution in [0.5, 0.6) is 0 Å². The van der Waals surface area contributed by atoms with Crippen LogP contribution in [0.1, 0.15) is 43.1 Å². The molecular formula is C25H24N4O5S. The van der Waals surface area contributed by atoms with Crippen LogP contribution in [0, 0.1) is 20.8 Å². The molecule has 0 fully saturated rings. The van der Waals surface area contributed by atoms with Gasteiger partial charge in [0.1, 0.15) is 5.56 Å². The molecule has 2 heterocycles. The molecule has 0 unspecified atom stereocenters. The predicted octanol–water partition coefficient (Wildman–Crippen LogP) is 2.21. The summed E-state index contributed by atoms with van der Waals surface area (Å²) in [5.41, 5.74) is 12.5. The van der Waals surface area contributed by atoms with Crippen LogP contribution < -0.4 is 17.0 Å². The molecule has 10 heteroatoms. The SMILES string of the molecule is Cc1ccc(S(=O)(=O)n2c(C)cc3c(Cn4cc(C(N)=O)c(C)c(C(N)=O)c4=O)cccc32)cc1. The molecule has 35 heavy (non-hydrogen) atoms. The van der Waals surface area contributed by atoms with Crippen molar-refractivity contribution in [3.8, 4) is 0 Å². The van der Waals surface area contributed by atoms with E-state index in [-0.39, 0.29) is 28.1 Å². The summed E-state index contributed by atoms with van der Waals surface area (Å²) in [6.07, 6.45) is 1.29. The fourth-order valence-electron chi connectivity index (χ4n) is 4.26. The molecule has 0 bridgehead atoms. The third-order valence-corrected chi connectivity index (χ3v) is 7.85. The Labute approximate surface area is 201 Å². The Morgan fingerprint density at radius 3 is 2.20 bits per heavy atom. The van der Waals surface area contributed by atoms with Gasteiger partial charge in [-0.3, -0.25) is 14.4 Å². The maximum Gasteiger partial charge on any atom is 0.268 e. The molecule has 2 amide bonds. The zero-order valence-electron chi connectivity index (χ0n) is 19.4. The van der Waals surface area contributed by atoms with Crippen LogP contribution in [0.4, 0.5) is 0 Å². The van der Waals surface area contributed by atoms with E-state index < -0.39 is 27.4 Å². The summed E-state index contributed by atoms with van der Waals surface area (Å²) in [6, 6.07) is 13.4. The Balaban J connectivity index is 1.90. The highest BCUT2D eigenvalue weighted by molar-refractivity contribution is 7.90. The maximum atomic E-state index is 13.4. The Morgan fingerprint density at radius 1 is 0.943 bits per heavy atom. The molecule has 0 saturated carbocycles. The molecule has 2 aromatic carbocycles. The normalized spacial score (nSPS) is 11.6. The summed E-state index contributed by atoms with van der Waals surface area (Å²) < 4.78 is 29.3. The molecule has 0 aliphatic heterocycles. The van der Waals surface area contributed by atoms with Gasteiger partial charge in [-0.15, -0.1) is 0 Å². The number of amides is 2. The number of benzene rings is 2. The summed E-state index contributed by atoms with van der Waals surface area (Å²) in [6.45, 7) is 4.96. The van der Waals surface area contributed by atoms with Crippen molar-refractivity contribution in [1.29, 1.82) is 0 Å². The van der Waals surface area contributed by atoms with Crippen molar-refractivity contribution in [1.82, 2.24) is 8.54 Å². The standard InChI is InChI=1S/C25H24N4O5S/c1-14-7-9-18(10-8-14)35(33,34)29-15(2)11-19-17(5-4-6-21(19)29)12-28-13-20(23(26)30)16(3)22(24(27)31)25(28)32/h4-11,13H,12H2,1-3H3,(H2,26,30)(H2,27,31). The molecule has 180 valence electrons. The third kappa shape index (κ3) is 4.01. The monoisotopic (exact) mass is 492 g/mol. The van der Waals surface area contributed by atoms with Crippen LogP contribution in [0.3, 0.4) is 0 Å². The van der Waals surface area contributed by atoms with Crippen LogP contribution in [-0.4, -0.2) is 28.8 Å². The van der Waals surface area contributed by atoms with Crippen molar-refractivity contribution >= 4 is 32.7 Å². The van der Waals surface area contributed by atoms with Gasteiger partial charge >= 0.3 is 0 Å². The average Bonchev–Trinajstić information content (AvgIpc) is 3.13. The van der Waals surface area contributed by atoms with E-state index in [1.54, 1.807) is 55.5 Å². The highest BCUT2D eigenvalue weighted by Gasteiger charge is 2.23. The Hall–Kier alpha value is -4.18. The second-order valence-corrected chi connectivity index (χ2v) is 10.2. The molecule has 4 rings (SSSR count). The number of pyridine rings is 1. The summed E-state index contributed by atoms with van der Waals surface area (Å²) in [4.78, 5) is 37.0.